The Morgan fingerprint density at radius 2 is 2.19 bits per heavy atom. The number of carbonyl (C=O) groups is 1. The van der Waals surface area contributed by atoms with E-state index >= 15 is 0 Å². The molecule has 0 unspecified atom stereocenters. The predicted octanol–water partition coefficient (Wildman–Crippen LogP) is 3.09. The van der Waals surface area contributed by atoms with Gasteiger partial charge in [-0.25, -0.2) is 4.98 Å². The van der Waals surface area contributed by atoms with Gasteiger partial charge in [-0.1, -0.05) is 12.1 Å². The minimum atomic E-state index is -0.325. The zero-order chi connectivity index (χ0) is 18.1. The van der Waals surface area contributed by atoms with Crippen molar-refractivity contribution in [2.45, 2.75) is 38.2 Å². The molecule has 2 aliphatic rings. The highest BCUT2D eigenvalue weighted by Crippen LogP contribution is 2.45. The van der Waals surface area contributed by atoms with Crippen molar-refractivity contribution in [3.63, 3.8) is 0 Å². The molecule has 0 aliphatic carbocycles. The lowest BCUT2D eigenvalue weighted by Gasteiger charge is -2.45. The standard InChI is InChI=1S/C20H24N2O3S/c1-14-21-16(13-26-14)12-18(23)22-9-7-20(8-10-22)19-15(6-11-25-20)4-3-5-17(19)24-2/h3-5,13H,6-12H2,1-2H3. The Morgan fingerprint density at radius 1 is 1.38 bits per heavy atom. The van der Waals surface area contributed by atoms with Crippen LogP contribution in [0.4, 0.5) is 0 Å². The van der Waals surface area contributed by atoms with Crippen LogP contribution in [0.2, 0.25) is 0 Å². The van der Waals surface area contributed by atoms with Crippen LogP contribution < -0.4 is 4.74 Å². The maximum atomic E-state index is 12.6. The zero-order valence-electron chi connectivity index (χ0n) is 15.3. The highest BCUT2D eigenvalue weighted by molar-refractivity contribution is 7.09. The quantitative estimate of drug-likeness (QED) is 0.831. The van der Waals surface area contributed by atoms with Gasteiger partial charge in [0.15, 0.2) is 0 Å². The van der Waals surface area contributed by atoms with E-state index in [0.29, 0.717) is 19.5 Å². The first-order valence-electron chi connectivity index (χ1n) is 9.10. The summed E-state index contributed by atoms with van der Waals surface area (Å²) in [4.78, 5) is 19.0. The van der Waals surface area contributed by atoms with Crippen molar-refractivity contribution >= 4 is 17.2 Å². The van der Waals surface area contributed by atoms with Gasteiger partial charge in [-0.05, 0) is 37.8 Å². The number of rotatable bonds is 3. The first kappa shape index (κ1) is 17.5. The SMILES string of the molecule is COc1cccc2c1C1(CCN(C(=O)Cc3csc(C)n3)CC1)OCC2. The lowest BCUT2D eigenvalue weighted by Crippen LogP contribution is -2.48. The number of thiazole rings is 1. The van der Waals surface area contributed by atoms with Crippen molar-refractivity contribution in [2.75, 3.05) is 26.8 Å². The normalized spacial score (nSPS) is 18.6. The summed E-state index contributed by atoms with van der Waals surface area (Å²) in [6, 6.07) is 6.23. The van der Waals surface area contributed by atoms with Gasteiger partial charge in [-0.3, -0.25) is 4.79 Å². The van der Waals surface area contributed by atoms with Crippen molar-refractivity contribution < 1.29 is 14.3 Å². The van der Waals surface area contributed by atoms with E-state index in [4.69, 9.17) is 9.47 Å². The van der Waals surface area contributed by atoms with Gasteiger partial charge in [0.25, 0.3) is 0 Å². The molecule has 2 aromatic rings. The summed E-state index contributed by atoms with van der Waals surface area (Å²) in [7, 11) is 1.71. The number of hydrogen-bond acceptors (Lipinski definition) is 5. The first-order valence-corrected chi connectivity index (χ1v) is 9.98. The number of carbonyl (C=O) groups excluding carboxylic acids is 1. The summed E-state index contributed by atoms with van der Waals surface area (Å²) >= 11 is 1.59. The van der Waals surface area contributed by atoms with Crippen molar-refractivity contribution in [2.24, 2.45) is 0 Å². The molecule has 0 N–H and O–H groups in total. The van der Waals surface area contributed by atoms with Crippen LogP contribution in [0.3, 0.4) is 0 Å². The lowest BCUT2D eigenvalue weighted by molar-refractivity contribution is -0.140. The number of amides is 1. The number of hydrogen-bond donors (Lipinski definition) is 0. The van der Waals surface area contributed by atoms with Crippen LogP contribution in [0.15, 0.2) is 23.6 Å². The van der Waals surface area contributed by atoms with E-state index in [-0.39, 0.29) is 11.5 Å². The molecular weight excluding hydrogens is 348 g/mol. The van der Waals surface area contributed by atoms with Crippen LogP contribution >= 0.6 is 11.3 Å². The molecule has 3 heterocycles. The van der Waals surface area contributed by atoms with Crippen molar-refractivity contribution in [1.29, 1.82) is 0 Å². The Kier molecular flexibility index (Phi) is 4.71. The molecule has 4 rings (SSSR count). The van der Waals surface area contributed by atoms with E-state index in [1.165, 1.54) is 11.1 Å². The Balaban J connectivity index is 1.49. The van der Waals surface area contributed by atoms with Crippen LogP contribution in [-0.2, 0) is 28.0 Å². The fraction of sp³-hybridized carbons (Fsp3) is 0.500. The van der Waals surface area contributed by atoms with Crippen LogP contribution in [0, 0.1) is 6.92 Å². The maximum Gasteiger partial charge on any atom is 0.228 e. The average Bonchev–Trinajstić information content (AvgIpc) is 3.06. The predicted molar refractivity (Wildman–Crippen MR) is 101 cm³/mol. The smallest absolute Gasteiger partial charge is 0.228 e. The molecule has 0 atom stereocenters. The number of methoxy groups -OCH3 is 1. The summed E-state index contributed by atoms with van der Waals surface area (Å²) in [6.07, 6.45) is 2.92. The molecule has 1 aromatic carbocycles. The molecule has 1 aromatic heterocycles. The second-order valence-electron chi connectivity index (χ2n) is 7.00. The lowest BCUT2D eigenvalue weighted by atomic mass is 9.78. The number of aromatic nitrogens is 1. The average molecular weight is 372 g/mol. The molecule has 1 fully saturated rings. The molecule has 1 spiro atoms. The Bertz CT molecular complexity index is 795. The van der Waals surface area contributed by atoms with E-state index in [2.05, 4.69) is 11.1 Å². The van der Waals surface area contributed by atoms with Crippen molar-refractivity contribution in [3.05, 3.63) is 45.4 Å². The molecule has 6 heteroatoms. The van der Waals surface area contributed by atoms with E-state index in [1.54, 1.807) is 18.4 Å². The molecular formula is C20H24N2O3S. The molecule has 5 nitrogen and oxygen atoms in total. The summed E-state index contributed by atoms with van der Waals surface area (Å²) in [5.74, 6) is 1.06. The maximum absolute atomic E-state index is 12.6. The zero-order valence-corrected chi connectivity index (χ0v) is 16.1. The fourth-order valence-electron chi connectivity index (χ4n) is 4.17. The number of ether oxygens (including phenoxy) is 2. The molecule has 2 aliphatic heterocycles. The largest absolute Gasteiger partial charge is 0.496 e. The number of fused-ring (bicyclic) bond motifs is 2. The van der Waals surface area contributed by atoms with Gasteiger partial charge < -0.3 is 14.4 Å². The topological polar surface area (TPSA) is 51.7 Å². The molecule has 0 radical (unpaired) electrons. The molecule has 26 heavy (non-hydrogen) atoms. The third kappa shape index (κ3) is 3.12. The molecule has 138 valence electrons. The van der Waals surface area contributed by atoms with Gasteiger partial charge in [-0.2, -0.15) is 0 Å². The van der Waals surface area contributed by atoms with Gasteiger partial charge in [0.2, 0.25) is 5.91 Å². The van der Waals surface area contributed by atoms with Gasteiger partial charge >= 0.3 is 0 Å². The summed E-state index contributed by atoms with van der Waals surface area (Å²) in [6.45, 7) is 4.11. The fourth-order valence-corrected chi connectivity index (χ4v) is 4.78. The summed E-state index contributed by atoms with van der Waals surface area (Å²) in [5, 5.41) is 2.98. The minimum absolute atomic E-state index is 0.154. The monoisotopic (exact) mass is 372 g/mol. The molecule has 1 saturated heterocycles. The Hall–Kier alpha value is -1.92. The number of piperidine rings is 1. The van der Waals surface area contributed by atoms with Gasteiger partial charge in [-0.15, -0.1) is 11.3 Å². The highest BCUT2D eigenvalue weighted by Gasteiger charge is 2.43. The number of aryl methyl sites for hydroxylation is 1. The molecule has 1 amide bonds. The van der Waals surface area contributed by atoms with Crippen molar-refractivity contribution in [1.82, 2.24) is 9.88 Å². The Labute approximate surface area is 157 Å². The highest BCUT2D eigenvalue weighted by atomic mass is 32.1. The van der Waals surface area contributed by atoms with Crippen LogP contribution in [0.1, 0.15) is 34.7 Å². The van der Waals surface area contributed by atoms with Crippen molar-refractivity contribution in [3.8, 4) is 5.75 Å². The second kappa shape index (κ2) is 7.00. The van der Waals surface area contributed by atoms with Crippen LogP contribution in [-0.4, -0.2) is 42.6 Å². The Morgan fingerprint density at radius 3 is 2.88 bits per heavy atom. The summed E-state index contributed by atoms with van der Waals surface area (Å²) in [5.41, 5.74) is 3.05. The third-order valence-electron chi connectivity index (χ3n) is 5.46. The van der Waals surface area contributed by atoms with E-state index < -0.39 is 0 Å². The van der Waals surface area contributed by atoms with E-state index in [1.807, 2.05) is 29.3 Å². The third-order valence-corrected chi connectivity index (χ3v) is 6.28. The second-order valence-corrected chi connectivity index (χ2v) is 8.06. The number of nitrogens with zero attached hydrogens (tertiary/aromatic N) is 2. The first-order chi connectivity index (χ1) is 12.6. The van der Waals surface area contributed by atoms with Gasteiger partial charge in [0, 0.05) is 24.0 Å². The molecule has 0 bridgehead atoms. The summed E-state index contributed by atoms with van der Waals surface area (Å²) < 4.78 is 11.9. The molecule has 0 saturated carbocycles. The van der Waals surface area contributed by atoms with E-state index in [0.717, 1.165) is 42.3 Å². The van der Waals surface area contributed by atoms with Gasteiger partial charge in [0.05, 0.1) is 30.8 Å². The van der Waals surface area contributed by atoms with Crippen LogP contribution in [0.5, 0.6) is 5.75 Å². The van der Waals surface area contributed by atoms with Gasteiger partial charge in [0.1, 0.15) is 11.4 Å². The number of benzene rings is 1. The van der Waals surface area contributed by atoms with E-state index in [9.17, 15) is 4.79 Å². The minimum Gasteiger partial charge on any atom is -0.496 e. The number of likely N-dealkylation sites (tertiary alicyclic amines) is 1. The van der Waals surface area contributed by atoms with Crippen LogP contribution in [0.25, 0.3) is 0 Å².